The molecule has 0 bridgehead atoms. The lowest BCUT2D eigenvalue weighted by Gasteiger charge is -2.22. The van der Waals surface area contributed by atoms with Crippen LogP contribution in [0.1, 0.15) is 47.7 Å². The van der Waals surface area contributed by atoms with Gasteiger partial charge in [-0.3, -0.25) is 19.6 Å². The summed E-state index contributed by atoms with van der Waals surface area (Å²) >= 11 is 0. The van der Waals surface area contributed by atoms with E-state index in [4.69, 9.17) is 0 Å². The van der Waals surface area contributed by atoms with Gasteiger partial charge in [0, 0.05) is 19.7 Å². The first-order valence-electron chi connectivity index (χ1n) is 7.79. The number of hydrogen-bond donors (Lipinski definition) is 1. The van der Waals surface area contributed by atoms with Crippen LogP contribution in [-0.2, 0) is 11.3 Å². The summed E-state index contributed by atoms with van der Waals surface area (Å²) in [6.07, 6.45) is 6.63. The van der Waals surface area contributed by atoms with Crippen molar-refractivity contribution in [2.45, 2.75) is 32.4 Å². The lowest BCUT2D eigenvalue weighted by Crippen LogP contribution is -2.29. The number of nitrogens with one attached hydrogen (secondary N) is 1. The molecule has 1 atom stereocenters. The summed E-state index contributed by atoms with van der Waals surface area (Å²) in [5.41, 5.74) is 1.65. The minimum Gasteiger partial charge on any atom is -0.345 e. The Kier molecular flexibility index (Phi) is 4.74. The fraction of sp³-hybridized carbons (Fsp3) is 0.375. The molecule has 8 heteroatoms. The molecule has 2 aromatic heterocycles. The first-order valence-corrected chi connectivity index (χ1v) is 7.79. The van der Waals surface area contributed by atoms with Crippen LogP contribution >= 0.6 is 0 Å². The number of hydrogen-bond acceptors (Lipinski definition) is 6. The van der Waals surface area contributed by atoms with E-state index in [0.29, 0.717) is 5.69 Å². The van der Waals surface area contributed by atoms with Crippen LogP contribution in [0.25, 0.3) is 0 Å². The third kappa shape index (κ3) is 3.53. The first kappa shape index (κ1) is 16.0. The summed E-state index contributed by atoms with van der Waals surface area (Å²) < 4.78 is 0. The Hall–Kier alpha value is -2.90. The molecule has 3 rings (SSSR count). The standard InChI is InChI=1S/C16H18N6O2/c1-11(23)22-7-3-5-15(22)14-10-17-8-12(20-14)9-18-16(24)13-4-2-6-19-21-13/h2,4,6,8,10,15H,3,5,7,9H2,1H3,(H,18,24)/t15-/m0/s1. The lowest BCUT2D eigenvalue weighted by atomic mass is 10.1. The monoisotopic (exact) mass is 326 g/mol. The zero-order valence-corrected chi connectivity index (χ0v) is 13.3. The Morgan fingerprint density at radius 3 is 3.00 bits per heavy atom. The van der Waals surface area contributed by atoms with Gasteiger partial charge in [-0.2, -0.15) is 5.10 Å². The maximum atomic E-state index is 12.0. The summed E-state index contributed by atoms with van der Waals surface area (Å²) in [5, 5.41) is 10.2. The maximum Gasteiger partial charge on any atom is 0.272 e. The van der Waals surface area contributed by atoms with Crippen molar-refractivity contribution in [3.05, 3.63) is 47.8 Å². The molecule has 1 N–H and O–H groups in total. The van der Waals surface area contributed by atoms with Crippen molar-refractivity contribution < 1.29 is 9.59 Å². The molecule has 1 saturated heterocycles. The van der Waals surface area contributed by atoms with Crippen molar-refractivity contribution in [1.29, 1.82) is 0 Å². The highest BCUT2D eigenvalue weighted by Crippen LogP contribution is 2.30. The van der Waals surface area contributed by atoms with Gasteiger partial charge in [-0.1, -0.05) is 0 Å². The highest BCUT2D eigenvalue weighted by Gasteiger charge is 2.29. The number of likely N-dealkylation sites (tertiary alicyclic amines) is 1. The van der Waals surface area contributed by atoms with Gasteiger partial charge in [0.1, 0.15) is 0 Å². The van der Waals surface area contributed by atoms with E-state index in [1.165, 1.54) is 6.20 Å². The van der Waals surface area contributed by atoms with Gasteiger partial charge in [-0.15, -0.1) is 5.10 Å². The molecule has 2 amide bonds. The number of aromatic nitrogens is 4. The summed E-state index contributed by atoms with van der Waals surface area (Å²) in [5.74, 6) is -0.276. The number of amides is 2. The molecule has 0 saturated carbocycles. The normalized spacial score (nSPS) is 16.9. The molecule has 1 fully saturated rings. The van der Waals surface area contributed by atoms with E-state index in [9.17, 15) is 9.59 Å². The third-order valence-corrected chi connectivity index (χ3v) is 3.94. The Morgan fingerprint density at radius 1 is 1.38 bits per heavy atom. The zero-order valence-electron chi connectivity index (χ0n) is 13.3. The fourth-order valence-electron chi connectivity index (χ4n) is 2.80. The summed E-state index contributed by atoms with van der Waals surface area (Å²) in [7, 11) is 0. The van der Waals surface area contributed by atoms with Gasteiger partial charge < -0.3 is 10.2 Å². The van der Waals surface area contributed by atoms with Gasteiger partial charge in [0.25, 0.3) is 5.91 Å². The fourth-order valence-corrected chi connectivity index (χ4v) is 2.80. The van der Waals surface area contributed by atoms with Crippen LogP contribution in [0.4, 0.5) is 0 Å². The zero-order chi connectivity index (χ0) is 16.9. The second kappa shape index (κ2) is 7.12. The van der Waals surface area contributed by atoms with Crippen molar-refractivity contribution in [1.82, 2.24) is 30.4 Å². The lowest BCUT2D eigenvalue weighted by molar-refractivity contribution is -0.129. The highest BCUT2D eigenvalue weighted by atomic mass is 16.2. The summed E-state index contributed by atoms with van der Waals surface area (Å²) in [6.45, 7) is 2.55. The van der Waals surface area contributed by atoms with Crippen molar-refractivity contribution >= 4 is 11.8 Å². The Morgan fingerprint density at radius 2 is 2.25 bits per heavy atom. The Labute approximate surface area is 139 Å². The summed E-state index contributed by atoms with van der Waals surface area (Å²) in [4.78, 5) is 34.2. The molecule has 0 spiro atoms. The molecule has 1 aliphatic heterocycles. The Balaban J connectivity index is 1.67. The molecule has 0 unspecified atom stereocenters. The van der Waals surface area contributed by atoms with Crippen molar-refractivity contribution in [2.75, 3.05) is 6.54 Å². The van der Waals surface area contributed by atoms with Crippen LogP contribution < -0.4 is 5.32 Å². The quantitative estimate of drug-likeness (QED) is 0.895. The van der Waals surface area contributed by atoms with E-state index in [-0.39, 0.29) is 30.1 Å². The number of rotatable bonds is 4. The first-order chi connectivity index (χ1) is 11.6. The van der Waals surface area contributed by atoms with Crippen LogP contribution in [0.5, 0.6) is 0 Å². The molecule has 0 aromatic carbocycles. The van der Waals surface area contributed by atoms with Crippen LogP contribution in [-0.4, -0.2) is 43.4 Å². The van der Waals surface area contributed by atoms with Gasteiger partial charge in [0.2, 0.25) is 5.91 Å². The number of carbonyl (C=O) groups is 2. The van der Waals surface area contributed by atoms with Crippen molar-refractivity contribution in [2.24, 2.45) is 0 Å². The summed E-state index contributed by atoms with van der Waals surface area (Å²) in [6, 6.07) is 3.21. The number of carbonyl (C=O) groups excluding carboxylic acids is 2. The minimum atomic E-state index is -0.318. The van der Waals surface area contributed by atoms with E-state index in [2.05, 4.69) is 25.5 Å². The molecule has 3 heterocycles. The molecule has 124 valence electrons. The topological polar surface area (TPSA) is 101 Å². The van der Waals surface area contributed by atoms with Crippen LogP contribution in [0.2, 0.25) is 0 Å². The van der Waals surface area contributed by atoms with Crippen LogP contribution in [0.3, 0.4) is 0 Å². The van der Waals surface area contributed by atoms with Crippen LogP contribution in [0.15, 0.2) is 30.7 Å². The highest BCUT2D eigenvalue weighted by molar-refractivity contribution is 5.91. The second-order valence-electron chi connectivity index (χ2n) is 5.60. The average Bonchev–Trinajstić information content (AvgIpc) is 3.11. The van der Waals surface area contributed by atoms with Crippen molar-refractivity contribution in [3.63, 3.8) is 0 Å². The van der Waals surface area contributed by atoms with Gasteiger partial charge >= 0.3 is 0 Å². The van der Waals surface area contributed by atoms with E-state index < -0.39 is 0 Å². The predicted molar refractivity (Wildman–Crippen MR) is 84.6 cm³/mol. The van der Waals surface area contributed by atoms with Gasteiger partial charge in [-0.25, -0.2) is 0 Å². The minimum absolute atomic E-state index is 0.0364. The van der Waals surface area contributed by atoms with E-state index in [1.54, 1.807) is 31.5 Å². The maximum absolute atomic E-state index is 12.0. The predicted octanol–water partition coefficient (Wildman–Crippen LogP) is 0.880. The van der Waals surface area contributed by atoms with E-state index in [0.717, 1.165) is 25.1 Å². The average molecular weight is 326 g/mol. The number of nitrogens with zero attached hydrogens (tertiary/aromatic N) is 5. The molecule has 0 aliphatic carbocycles. The van der Waals surface area contributed by atoms with E-state index >= 15 is 0 Å². The second-order valence-corrected chi connectivity index (χ2v) is 5.60. The van der Waals surface area contributed by atoms with E-state index in [1.807, 2.05) is 4.90 Å². The van der Waals surface area contributed by atoms with Gasteiger partial charge in [0.15, 0.2) is 5.69 Å². The third-order valence-electron chi connectivity index (χ3n) is 3.94. The Bertz CT molecular complexity index is 736. The molecule has 24 heavy (non-hydrogen) atoms. The molecule has 1 aliphatic rings. The van der Waals surface area contributed by atoms with Gasteiger partial charge in [-0.05, 0) is 25.0 Å². The molecule has 8 nitrogen and oxygen atoms in total. The van der Waals surface area contributed by atoms with Gasteiger partial charge in [0.05, 0.1) is 36.4 Å². The molecular formula is C16H18N6O2. The molecule has 0 radical (unpaired) electrons. The van der Waals surface area contributed by atoms with Crippen molar-refractivity contribution in [3.8, 4) is 0 Å². The molecule has 2 aromatic rings. The largest absolute Gasteiger partial charge is 0.345 e. The van der Waals surface area contributed by atoms with Crippen LogP contribution in [0, 0.1) is 0 Å². The smallest absolute Gasteiger partial charge is 0.272 e. The SMILES string of the molecule is CC(=O)N1CCC[C@H]1c1cncc(CNC(=O)c2cccnn2)n1. The molecular weight excluding hydrogens is 308 g/mol.